The van der Waals surface area contributed by atoms with Crippen molar-refractivity contribution in [2.75, 3.05) is 0 Å². The zero-order chi connectivity index (χ0) is 23.6. The van der Waals surface area contributed by atoms with Crippen molar-refractivity contribution in [2.45, 2.75) is 51.9 Å². The number of carbonyl (C=O) groups excluding carboxylic acids is 2. The number of hydrogen-bond acceptors (Lipinski definition) is 4. The highest BCUT2D eigenvalue weighted by Gasteiger charge is 2.53. The molecule has 1 saturated carbocycles. The molecule has 9 heteroatoms. The second-order valence-corrected chi connectivity index (χ2v) is 9.58. The van der Waals surface area contributed by atoms with Gasteiger partial charge in [-0.1, -0.05) is 19.9 Å². The Morgan fingerprint density at radius 3 is 2.55 bits per heavy atom. The van der Waals surface area contributed by atoms with Crippen LogP contribution in [-0.2, 0) is 13.1 Å². The first-order valence-electron chi connectivity index (χ1n) is 11.2. The van der Waals surface area contributed by atoms with E-state index in [0.29, 0.717) is 24.4 Å². The summed E-state index contributed by atoms with van der Waals surface area (Å²) in [5, 5.41) is 13.0. The molecule has 0 spiro atoms. The first-order valence-corrected chi connectivity index (χ1v) is 11.2. The van der Waals surface area contributed by atoms with Gasteiger partial charge in [0.25, 0.3) is 11.8 Å². The minimum absolute atomic E-state index is 0.0537. The molecule has 3 aliphatic rings. The summed E-state index contributed by atoms with van der Waals surface area (Å²) in [6.07, 6.45) is 3.24. The summed E-state index contributed by atoms with van der Waals surface area (Å²) in [7, 11) is 0. The van der Waals surface area contributed by atoms with Crippen LogP contribution in [0.15, 0.2) is 29.2 Å². The first-order chi connectivity index (χ1) is 15.7. The van der Waals surface area contributed by atoms with Gasteiger partial charge in [-0.3, -0.25) is 14.4 Å². The van der Waals surface area contributed by atoms with Gasteiger partial charge in [0.1, 0.15) is 17.2 Å². The molecule has 2 aliphatic heterocycles. The number of rotatable bonds is 4. The molecule has 1 saturated heterocycles. The zero-order valence-electron chi connectivity index (χ0n) is 18.3. The van der Waals surface area contributed by atoms with E-state index in [0.717, 1.165) is 18.9 Å². The van der Waals surface area contributed by atoms with E-state index in [2.05, 4.69) is 19.2 Å². The Morgan fingerprint density at radius 2 is 1.88 bits per heavy atom. The molecule has 2 aromatic rings. The van der Waals surface area contributed by atoms with Crippen LogP contribution >= 0.6 is 0 Å². The van der Waals surface area contributed by atoms with E-state index < -0.39 is 28.7 Å². The van der Waals surface area contributed by atoms with E-state index in [1.165, 1.54) is 16.8 Å². The highest BCUT2D eigenvalue weighted by Crippen LogP contribution is 2.50. The first kappa shape index (κ1) is 21.6. The maximum atomic E-state index is 13.9. The number of benzene rings is 1. The summed E-state index contributed by atoms with van der Waals surface area (Å²) in [6, 6.07) is 3.00. The summed E-state index contributed by atoms with van der Waals surface area (Å²) in [5.41, 5.74) is -1.32. The van der Waals surface area contributed by atoms with Gasteiger partial charge < -0.3 is 19.9 Å². The van der Waals surface area contributed by atoms with Crippen LogP contribution in [0.25, 0.3) is 0 Å². The molecule has 5 unspecified atom stereocenters. The van der Waals surface area contributed by atoms with Crippen LogP contribution < -0.4 is 10.7 Å². The number of pyridine rings is 1. The number of fused-ring (bicyclic) bond motifs is 2. The second kappa shape index (κ2) is 7.67. The van der Waals surface area contributed by atoms with Crippen molar-refractivity contribution in [1.29, 1.82) is 0 Å². The molecule has 1 aliphatic carbocycles. The zero-order valence-corrected chi connectivity index (χ0v) is 18.3. The number of halogens is 2. The monoisotopic (exact) mass is 457 g/mol. The molecule has 2 amide bonds. The fourth-order valence-corrected chi connectivity index (χ4v) is 5.45. The van der Waals surface area contributed by atoms with Gasteiger partial charge in [0.05, 0.1) is 6.04 Å². The van der Waals surface area contributed by atoms with Crippen molar-refractivity contribution in [1.82, 2.24) is 14.8 Å². The number of aromatic hydroxyl groups is 1. The van der Waals surface area contributed by atoms with E-state index in [9.17, 15) is 28.3 Å². The number of aromatic nitrogens is 1. The summed E-state index contributed by atoms with van der Waals surface area (Å²) in [5.74, 6) is -2.24. The number of nitrogens with one attached hydrogen (secondary N) is 1. The van der Waals surface area contributed by atoms with Crippen LogP contribution in [-0.4, -0.2) is 38.5 Å². The lowest BCUT2D eigenvalue weighted by atomic mass is 9.99. The Labute approximate surface area is 189 Å². The van der Waals surface area contributed by atoms with Crippen LogP contribution in [0.5, 0.6) is 5.75 Å². The van der Waals surface area contributed by atoms with E-state index in [1.807, 2.05) is 4.90 Å². The molecule has 174 valence electrons. The second-order valence-electron chi connectivity index (χ2n) is 9.58. The van der Waals surface area contributed by atoms with Gasteiger partial charge in [-0.05, 0) is 36.7 Å². The molecule has 0 bridgehead atoms. The molecule has 7 nitrogen and oxygen atoms in total. The van der Waals surface area contributed by atoms with Gasteiger partial charge in [0, 0.05) is 37.0 Å². The summed E-state index contributed by atoms with van der Waals surface area (Å²) >= 11 is 0. The number of hydrogen-bond donors (Lipinski definition) is 2. The minimum Gasteiger partial charge on any atom is -0.503 e. The molecule has 0 radical (unpaired) electrons. The van der Waals surface area contributed by atoms with Crippen LogP contribution in [0.1, 0.15) is 53.1 Å². The molecule has 2 N–H and O–H groups in total. The summed E-state index contributed by atoms with van der Waals surface area (Å²) < 4.78 is 28.4. The Hall–Kier alpha value is -3.23. The summed E-state index contributed by atoms with van der Waals surface area (Å²) in [6.45, 7) is 4.37. The SMILES string of the molecule is CC1CC1C1CC(C)C2Cn3cc(C(=O)NCc4ccc(F)cc4F)c(=O)c(O)c3C(=O)N21. The Morgan fingerprint density at radius 1 is 1.15 bits per heavy atom. The number of amides is 2. The van der Waals surface area contributed by atoms with E-state index in [-0.39, 0.29) is 47.3 Å². The lowest BCUT2D eigenvalue weighted by molar-refractivity contribution is 0.0534. The highest BCUT2D eigenvalue weighted by atomic mass is 19.1. The van der Waals surface area contributed by atoms with Crippen LogP contribution in [0, 0.1) is 29.4 Å². The van der Waals surface area contributed by atoms with E-state index in [4.69, 9.17) is 0 Å². The maximum absolute atomic E-state index is 13.9. The predicted octanol–water partition coefficient (Wildman–Crippen LogP) is 2.65. The summed E-state index contributed by atoms with van der Waals surface area (Å²) in [4.78, 5) is 40.6. The molecule has 5 atom stereocenters. The third-order valence-electron chi connectivity index (χ3n) is 7.43. The van der Waals surface area contributed by atoms with Crippen molar-refractivity contribution in [3.05, 3.63) is 63.1 Å². The molecular weight excluding hydrogens is 432 g/mol. The quantitative estimate of drug-likeness (QED) is 0.739. The van der Waals surface area contributed by atoms with Crippen molar-refractivity contribution in [3.63, 3.8) is 0 Å². The third-order valence-corrected chi connectivity index (χ3v) is 7.43. The van der Waals surface area contributed by atoms with Crippen LogP contribution in [0.2, 0.25) is 0 Å². The molecule has 1 aromatic heterocycles. The van der Waals surface area contributed by atoms with Gasteiger partial charge in [-0.25, -0.2) is 8.78 Å². The molecule has 5 rings (SSSR count). The number of carbonyl (C=O) groups is 2. The average molecular weight is 457 g/mol. The van der Waals surface area contributed by atoms with E-state index in [1.54, 1.807) is 0 Å². The molecular formula is C24H25F2N3O4. The predicted molar refractivity (Wildman–Crippen MR) is 115 cm³/mol. The third kappa shape index (κ3) is 3.50. The van der Waals surface area contributed by atoms with Crippen molar-refractivity contribution < 1.29 is 23.5 Å². The average Bonchev–Trinajstić information content (AvgIpc) is 3.40. The minimum atomic E-state index is -0.950. The van der Waals surface area contributed by atoms with Gasteiger partial charge in [0.15, 0.2) is 11.4 Å². The molecule has 3 heterocycles. The largest absolute Gasteiger partial charge is 0.503 e. The van der Waals surface area contributed by atoms with Crippen molar-refractivity contribution in [3.8, 4) is 5.75 Å². The molecule has 33 heavy (non-hydrogen) atoms. The highest BCUT2D eigenvalue weighted by molar-refractivity contribution is 5.99. The Balaban J connectivity index is 1.43. The van der Waals surface area contributed by atoms with Crippen LogP contribution in [0.4, 0.5) is 8.78 Å². The van der Waals surface area contributed by atoms with Gasteiger partial charge >= 0.3 is 0 Å². The smallest absolute Gasteiger partial charge is 0.275 e. The normalized spacial score (nSPS) is 27.8. The fraction of sp³-hybridized carbons (Fsp3) is 0.458. The van der Waals surface area contributed by atoms with Gasteiger partial charge in [-0.2, -0.15) is 0 Å². The Kier molecular flexibility index (Phi) is 5.02. The molecule has 1 aromatic carbocycles. The molecule has 2 fully saturated rings. The van der Waals surface area contributed by atoms with Crippen molar-refractivity contribution >= 4 is 11.8 Å². The maximum Gasteiger partial charge on any atom is 0.275 e. The standard InChI is InChI=1S/C24H25F2N3O4/c1-11-5-15(11)18-6-12(2)19-10-28-9-16(21(30)22(31)20(28)24(33)29(18)19)23(32)27-8-13-3-4-14(25)7-17(13)26/h3-4,7,9,11-12,15,18-19,31H,5-6,8,10H2,1-2H3,(H,27,32). The number of nitrogens with zero attached hydrogens (tertiary/aromatic N) is 2. The lowest BCUT2D eigenvalue weighted by Crippen LogP contribution is -2.51. The van der Waals surface area contributed by atoms with E-state index >= 15 is 0 Å². The van der Waals surface area contributed by atoms with Gasteiger partial charge in [-0.15, -0.1) is 0 Å². The van der Waals surface area contributed by atoms with Crippen LogP contribution in [0.3, 0.4) is 0 Å². The lowest BCUT2D eigenvalue weighted by Gasteiger charge is -2.37. The Bertz CT molecular complexity index is 1230. The topological polar surface area (TPSA) is 91.6 Å². The van der Waals surface area contributed by atoms with Gasteiger partial charge in [0.2, 0.25) is 5.43 Å². The fourth-order valence-electron chi connectivity index (χ4n) is 5.45. The van der Waals surface area contributed by atoms with Crippen molar-refractivity contribution in [2.24, 2.45) is 17.8 Å².